The fourth-order valence-electron chi connectivity index (χ4n) is 2.12. The van der Waals surface area contributed by atoms with Gasteiger partial charge >= 0.3 is 0 Å². The predicted molar refractivity (Wildman–Crippen MR) is 71.6 cm³/mol. The maximum Gasteiger partial charge on any atom is 0.244 e. The van der Waals surface area contributed by atoms with E-state index in [0.717, 1.165) is 37.1 Å². The number of nitrogen functional groups attached to an aromatic ring is 1. The smallest absolute Gasteiger partial charge is 0.244 e. The van der Waals surface area contributed by atoms with E-state index in [1.807, 2.05) is 13.8 Å². The van der Waals surface area contributed by atoms with E-state index < -0.39 is 0 Å². The van der Waals surface area contributed by atoms with Gasteiger partial charge in [0, 0.05) is 6.61 Å². The Kier molecular flexibility index (Phi) is 4.31. The molecule has 0 amide bonds. The number of aryl methyl sites for hydroxylation is 1. The number of hydrogen-bond acceptors (Lipinski definition) is 5. The van der Waals surface area contributed by atoms with Crippen molar-refractivity contribution in [3.8, 4) is 5.88 Å². The third-order valence-corrected chi connectivity index (χ3v) is 3.37. The molecule has 1 unspecified atom stereocenters. The second kappa shape index (κ2) is 5.97. The van der Waals surface area contributed by atoms with Crippen LogP contribution < -0.4 is 10.5 Å². The Morgan fingerprint density at radius 1 is 1.42 bits per heavy atom. The Bertz CT molecular complexity index is 470. The molecule has 3 N–H and O–H groups in total. The van der Waals surface area contributed by atoms with Crippen LogP contribution in [0, 0.1) is 19.3 Å². The van der Waals surface area contributed by atoms with E-state index in [0.29, 0.717) is 18.1 Å². The van der Waals surface area contributed by atoms with Gasteiger partial charge in [0.2, 0.25) is 5.88 Å². The van der Waals surface area contributed by atoms with Crippen LogP contribution in [0.1, 0.15) is 36.1 Å². The summed E-state index contributed by atoms with van der Waals surface area (Å²) in [6.07, 6.45) is 3.36. The molecule has 1 aliphatic rings. The number of hydrogen-bond donors (Lipinski definition) is 2. The maximum absolute atomic E-state index is 7.64. The quantitative estimate of drug-likeness (QED) is 0.632. The summed E-state index contributed by atoms with van der Waals surface area (Å²) < 4.78 is 11.3. The molecule has 1 aromatic rings. The van der Waals surface area contributed by atoms with Crippen molar-refractivity contribution in [1.82, 2.24) is 10.2 Å². The van der Waals surface area contributed by atoms with Crippen molar-refractivity contribution in [1.29, 1.82) is 5.41 Å². The van der Waals surface area contributed by atoms with Crippen LogP contribution in [-0.4, -0.2) is 35.4 Å². The van der Waals surface area contributed by atoms with Crippen LogP contribution in [0.4, 0.5) is 0 Å². The Balaban J connectivity index is 2.11. The minimum atomic E-state index is -0.0462. The van der Waals surface area contributed by atoms with Gasteiger partial charge < -0.3 is 15.2 Å². The van der Waals surface area contributed by atoms with Gasteiger partial charge in [0.15, 0.2) is 0 Å². The topological polar surface area (TPSA) is 94.1 Å². The monoisotopic (exact) mass is 264 g/mol. The highest BCUT2D eigenvalue weighted by atomic mass is 16.5. The van der Waals surface area contributed by atoms with Crippen molar-refractivity contribution < 1.29 is 9.47 Å². The molecule has 0 saturated carbocycles. The van der Waals surface area contributed by atoms with Crippen molar-refractivity contribution in [2.45, 2.75) is 39.2 Å². The van der Waals surface area contributed by atoms with E-state index in [1.54, 1.807) is 0 Å². The Labute approximate surface area is 112 Å². The van der Waals surface area contributed by atoms with Crippen molar-refractivity contribution in [3.05, 3.63) is 16.8 Å². The molecule has 1 fully saturated rings. The van der Waals surface area contributed by atoms with Gasteiger partial charge in [-0.3, -0.25) is 5.41 Å². The van der Waals surface area contributed by atoms with Gasteiger partial charge in [-0.2, -0.15) is 5.10 Å². The van der Waals surface area contributed by atoms with Gasteiger partial charge in [-0.05, 0) is 38.7 Å². The first-order valence-corrected chi connectivity index (χ1v) is 6.52. The van der Waals surface area contributed by atoms with E-state index in [4.69, 9.17) is 20.6 Å². The molecule has 0 spiro atoms. The zero-order chi connectivity index (χ0) is 13.8. The molecular weight excluding hydrogens is 244 g/mol. The van der Waals surface area contributed by atoms with E-state index in [2.05, 4.69) is 10.2 Å². The lowest BCUT2D eigenvalue weighted by Gasteiger charge is -2.23. The molecule has 104 valence electrons. The Morgan fingerprint density at radius 3 is 2.84 bits per heavy atom. The molecule has 1 aliphatic heterocycles. The second-order valence-electron chi connectivity index (χ2n) is 4.80. The number of rotatable bonds is 4. The zero-order valence-electron chi connectivity index (χ0n) is 11.4. The first-order valence-electron chi connectivity index (χ1n) is 6.52. The maximum atomic E-state index is 7.64. The number of aromatic nitrogens is 2. The number of nitrogens with zero attached hydrogens (tertiary/aromatic N) is 2. The van der Waals surface area contributed by atoms with Crippen molar-refractivity contribution in [2.75, 3.05) is 13.2 Å². The largest absolute Gasteiger partial charge is 0.473 e. The molecule has 0 aliphatic carbocycles. The summed E-state index contributed by atoms with van der Waals surface area (Å²) in [6, 6.07) is 0. The highest BCUT2D eigenvalue weighted by Crippen LogP contribution is 2.21. The van der Waals surface area contributed by atoms with Crippen molar-refractivity contribution in [3.63, 3.8) is 0 Å². The van der Waals surface area contributed by atoms with Gasteiger partial charge in [0.1, 0.15) is 12.4 Å². The minimum Gasteiger partial charge on any atom is -0.473 e. The van der Waals surface area contributed by atoms with Crippen LogP contribution >= 0.6 is 0 Å². The third-order valence-electron chi connectivity index (χ3n) is 3.37. The van der Waals surface area contributed by atoms with Gasteiger partial charge in [-0.15, -0.1) is 5.10 Å². The van der Waals surface area contributed by atoms with Crippen LogP contribution in [0.5, 0.6) is 5.88 Å². The summed E-state index contributed by atoms with van der Waals surface area (Å²) in [5, 5.41) is 15.6. The van der Waals surface area contributed by atoms with E-state index >= 15 is 0 Å². The van der Waals surface area contributed by atoms with Crippen LogP contribution in [0.2, 0.25) is 0 Å². The third kappa shape index (κ3) is 3.20. The second-order valence-corrected chi connectivity index (χ2v) is 4.80. The van der Waals surface area contributed by atoms with Gasteiger partial charge in [0.05, 0.1) is 17.4 Å². The Hall–Kier alpha value is -1.69. The fourth-order valence-corrected chi connectivity index (χ4v) is 2.12. The zero-order valence-corrected chi connectivity index (χ0v) is 11.4. The van der Waals surface area contributed by atoms with E-state index in [-0.39, 0.29) is 11.9 Å². The first-order chi connectivity index (χ1) is 9.09. The van der Waals surface area contributed by atoms with Crippen LogP contribution in [0.3, 0.4) is 0 Å². The molecule has 6 nitrogen and oxygen atoms in total. The van der Waals surface area contributed by atoms with E-state index in [9.17, 15) is 0 Å². The van der Waals surface area contributed by atoms with Crippen molar-refractivity contribution >= 4 is 5.84 Å². The highest BCUT2D eigenvalue weighted by molar-refractivity contribution is 5.98. The number of amidine groups is 1. The van der Waals surface area contributed by atoms with Gasteiger partial charge in [0.25, 0.3) is 0 Å². The molecule has 2 heterocycles. The predicted octanol–water partition coefficient (Wildman–Crippen LogP) is 1.33. The molecule has 0 bridgehead atoms. The molecule has 6 heteroatoms. The molecule has 1 aromatic heterocycles. The average Bonchev–Trinajstić information content (AvgIpc) is 2.41. The van der Waals surface area contributed by atoms with Crippen LogP contribution in [0.15, 0.2) is 0 Å². The summed E-state index contributed by atoms with van der Waals surface area (Å²) in [6.45, 7) is 4.91. The Morgan fingerprint density at radius 2 is 2.21 bits per heavy atom. The van der Waals surface area contributed by atoms with Gasteiger partial charge in [-0.1, -0.05) is 0 Å². The normalized spacial score (nSPS) is 19.2. The highest BCUT2D eigenvalue weighted by Gasteiger charge is 2.19. The lowest BCUT2D eigenvalue weighted by Crippen LogP contribution is -2.27. The number of nitrogens with one attached hydrogen (secondary N) is 1. The number of nitrogens with two attached hydrogens (primary N) is 1. The van der Waals surface area contributed by atoms with Gasteiger partial charge in [-0.25, -0.2) is 0 Å². The molecule has 2 rings (SSSR count). The summed E-state index contributed by atoms with van der Waals surface area (Å²) in [7, 11) is 0. The molecule has 0 radical (unpaired) electrons. The van der Waals surface area contributed by atoms with Crippen LogP contribution in [0.25, 0.3) is 0 Å². The first kappa shape index (κ1) is 13.7. The SMILES string of the molecule is Cc1nnc(OCC2CCCCO2)c(C(=N)N)c1C. The molecule has 1 atom stereocenters. The summed E-state index contributed by atoms with van der Waals surface area (Å²) in [4.78, 5) is 0. The fraction of sp³-hybridized carbons (Fsp3) is 0.615. The molecule has 1 saturated heterocycles. The number of ether oxygens (including phenoxy) is 2. The minimum absolute atomic E-state index is 0.0462. The molecule has 19 heavy (non-hydrogen) atoms. The standard InChI is InChI=1S/C13H20N4O2/c1-8-9(2)16-17-13(11(8)12(14)15)19-7-10-5-3-4-6-18-10/h10H,3-7H2,1-2H3,(H3,14,15). The summed E-state index contributed by atoms with van der Waals surface area (Å²) in [5.74, 6) is 0.278. The van der Waals surface area contributed by atoms with E-state index in [1.165, 1.54) is 0 Å². The molecular formula is C13H20N4O2. The average molecular weight is 264 g/mol. The lowest BCUT2D eigenvalue weighted by molar-refractivity contribution is -0.0121. The van der Waals surface area contributed by atoms with Crippen LogP contribution in [-0.2, 0) is 4.74 Å². The summed E-state index contributed by atoms with van der Waals surface area (Å²) >= 11 is 0. The molecule has 0 aromatic carbocycles. The summed E-state index contributed by atoms with van der Waals surface area (Å²) in [5.41, 5.74) is 7.72. The lowest BCUT2D eigenvalue weighted by atomic mass is 10.1. The van der Waals surface area contributed by atoms with Crippen molar-refractivity contribution in [2.24, 2.45) is 5.73 Å².